The number of carbonyl (C=O) groups excluding carboxylic acids is 3. The van der Waals surface area contributed by atoms with Crippen LogP contribution < -0.4 is 16.6 Å². The van der Waals surface area contributed by atoms with Gasteiger partial charge in [-0.15, -0.1) is 0 Å². The van der Waals surface area contributed by atoms with Gasteiger partial charge in [-0.3, -0.25) is 19.5 Å². The van der Waals surface area contributed by atoms with Gasteiger partial charge < -0.3 is 10.5 Å². The largest absolute Gasteiger partial charge is 0.449 e. The first kappa shape index (κ1) is 18.6. The Balaban J connectivity index is 1.88. The molecule has 0 saturated carbocycles. The summed E-state index contributed by atoms with van der Waals surface area (Å²) >= 11 is 0. The van der Waals surface area contributed by atoms with E-state index in [9.17, 15) is 19.2 Å². The number of imide groups is 1. The molecule has 0 radical (unpaired) electrons. The number of esters is 1. The number of carbonyl (C=O) groups is 3. The molecule has 1 aliphatic rings. The number of hydrogen-bond donors (Lipinski definition) is 2. The van der Waals surface area contributed by atoms with E-state index < -0.39 is 24.0 Å². The fraction of sp³-hybridized carbons (Fsp3) is 0.389. The first-order chi connectivity index (χ1) is 12.9. The number of nitrogens with one attached hydrogen (secondary N) is 1. The van der Waals surface area contributed by atoms with Crippen molar-refractivity contribution in [1.82, 2.24) is 14.9 Å². The number of aromatic nitrogens is 2. The summed E-state index contributed by atoms with van der Waals surface area (Å²) in [5.41, 5.74) is 5.32. The van der Waals surface area contributed by atoms with Crippen LogP contribution in [0, 0.1) is 0 Å². The highest BCUT2D eigenvalue weighted by Gasteiger charge is 2.21. The topological polar surface area (TPSA) is 133 Å². The van der Waals surface area contributed by atoms with Gasteiger partial charge in [-0.1, -0.05) is 6.42 Å². The molecule has 0 fully saturated rings. The minimum Gasteiger partial charge on any atom is -0.449 e. The summed E-state index contributed by atoms with van der Waals surface area (Å²) < 4.78 is 6.74. The number of amides is 3. The Morgan fingerprint density at radius 2 is 2.04 bits per heavy atom. The molecule has 3 rings (SSSR count). The number of hydrogen-bond acceptors (Lipinski definition) is 6. The van der Waals surface area contributed by atoms with Crippen molar-refractivity contribution in [3.8, 4) is 0 Å². The normalized spacial score (nSPS) is 14.7. The SMILES string of the molecule is C[C@H](OC(=O)c1ccc2c(=O)n3c(nc2c1)CCCCC3)C(=O)NC(N)=O. The average molecular weight is 372 g/mol. The molecule has 0 bridgehead atoms. The summed E-state index contributed by atoms with van der Waals surface area (Å²) in [5, 5.41) is 2.27. The van der Waals surface area contributed by atoms with Crippen LogP contribution in [0.25, 0.3) is 10.9 Å². The number of aryl methyl sites for hydroxylation is 1. The van der Waals surface area contributed by atoms with E-state index in [1.165, 1.54) is 25.1 Å². The van der Waals surface area contributed by atoms with Crippen LogP contribution in [0.4, 0.5) is 4.79 Å². The Morgan fingerprint density at radius 1 is 1.26 bits per heavy atom. The Labute approximate surface area is 154 Å². The van der Waals surface area contributed by atoms with Gasteiger partial charge in [0.1, 0.15) is 5.82 Å². The zero-order valence-corrected chi connectivity index (χ0v) is 14.9. The number of rotatable bonds is 3. The van der Waals surface area contributed by atoms with Crippen LogP contribution in [0.3, 0.4) is 0 Å². The van der Waals surface area contributed by atoms with Crippen LogP contribution in [0.15, 0.2) is 23.0 Å². The predicted octanol–water partition coefficient (Wildman–Crippen LogP) is 0.863. The first-order valence-corrected chi connectivity index (χ1v) is 8.71. The third kappa shape index (κ3) is 3.97. The summed E-state index contributed by atoms with van der Waals surface area (Å²) in [4.78, 5) is 51.8. The average Bonchev–Trinajstić information content (AvgIpc) is 2.86. The first-order valence-electron chi connectivity index (χ1n) is 8.71. The molecule has 1 atom stereocenters. The molecule has 1 aliphatic heterocycles. The number of nitrogens with zero attached hydrogens (tertiary/aromatic N) is 2. The lowest BCUT2D eigenvalue weighted by atomic mass is 10.1. The molecule has 1 aromatic heterocycles. The maximum atomic E-state index is 12.7. The highest BCUT2D eigenvalue weighted by atomic mass is 16.5. The van der Waals surface area contributed by atoms with Crippen molar-refractivity contribution < 1.29 is 19.1 Å². The molecule has 0 saturated heterocycles. The standard InChI is InChI=1S/C18H20N4O5/c1-10(15(23)21-18(19)26)27-17(25)11-6-7-12-13(9-11)20-14-5-3-2-4-8-22(14)16(12)24/h6-7,9-10H,2-5,8H2,1H3,(H3,19,21,23,26)/t10-/m0/s1. The summed E-state index contributed by atoms with van der Waals surface area (Å²) in [5.74, 6) is -0.871. The predicted molar refractivity (Wildman–Crippen MR) is 96.2 cm³/mol. The lowest BCUT2D eigenvalue weighted by Crippen LogP contribution is -2.42. The summed E-state index contributed by atoms with van der Waals surface area (Å²) in [6.07, 6.45) is 2.46. The van der Waals surface area contributed by atoms with Gasteiger partial charge in [0.2, 0.25) is 0 Å². The fourth-order valence-electron chi connectivity index (χ4n) is 3.05. The van der Waals surface area contributed by atoms with Gasteiger partial charge >= 0.3 is 12.0 Å². The Bertz CT molecular complexity index is 982. The van der Waals surface area contributed by atoms with E-state index in [4.69, 9.17) is 10.5 Å². The van der Waals surface area contributed by atoms with Crippen molar-refractivity contribution in [2.45, 2.75) is 45.3 Å². The third-order valence-electron chi connectivity index (χ3n) is 4.45. The maximum absolute atomic E-state index is 12.7. The smallest absolute Gasteiger partial charge is 0.338 e. The summed E-state index contributed by atoms with van der Waals surface area (Å²) in [6, 6.07) is 3.44. The van der Waals surface area contributed by atoms with Crippen molar-refractivity contribution in [3.63, 3.8) is 0 Å². The molecule has 3 amide bonds. The number of nitrogens with two attached hydrogens (primary N) is 1. The molecule has 3 N–H and O–H groups in total. The second-order valence-electron chi connectivity index (χ2n) is 6.43. The quantitative estimate of drug-likeness (QED) is 0.768. The molecule has 142 valence electrons. The van der Waals surface area contributed by atoms with E-state index in [1.54, 1.807) is 4.57 Å². The van der Waals surface area contributed by atoms with Crippen LogP contribution in [-0.4, -0.2) is 33.6 Å². The van der Waals surface area contributed by atoms with E-state index >= 15 is 0 Å². The monoisotopic (exact) mass is 372 g/mol. The van der Waals surface area contributed by atoms with Crippen molar-refractivity contribution in [2.75, 3.05) is 0 Å². The molecule has 0 aliphatic carbocycles. The molecule has 2 aromatic rings. The van der Waals surface area contributed by atoms with Crippen LogP contribution in [0.5, 0.6) is 0 Å². The maximum Gasteiger partial charge on any atom is 0.338 e. The van der Waals surface area contributed by atoms with Gasteiger partial charge in [-0.25, -0.2) is 14.6 Å². The Hall–Kier alpha value is -3.23. The molecule has 0 unspecified atom stereocenters. The van der Waals surface area contributed by atoms with E-state index in [1.807, 2.05) is 5.32 Å². The number of urea groups is 1. The van der Waals surface area contributed by atoms with E-state index in [0.717, 1.165) is 19.3 Å². The van der Waals surface area contributed by atoms with Crippen molar-refractivity contribution in [1.29, 1.82) is 0 Å². The summed E-state index contributed by atoms with van der Waals surface area (Å²) in [6.45, 7) is 1.97. The second-order valence-corrected chi connectivity index (χ2v) is 6.43. The molecule has 0 spiro atoms. The minimum absolute atomic E-state index is 0.119. The van der Waals surface area contributed by atoms with Gasteiger partial charge in [0.05, 0.1) is 16.5 Å². The van der Waals surface area contributed by atoms with Gasteiger partial charge in [-0.2, -0.15) is 0 Å². The highest BCUT2D eigenvalue weighted by molar-refractivity contribution is 5.99. The second kappa shape index (κ2) is 7.56. The number of ether oxygens (including phenoxy) is 1. The number of primary amides is 1. The van der Waals surface area contributed by atoms with Gasteiger partial charge in [0, 0.05) is 13.0 Å². The Kier molecular flexibility index (Phi) is 5.20. The third-order valence-corrected chi connectivity index (χ3v) is 4.45. The van der Waals surface area contributed by atoms with Gasteiger partial charge in [0.15, 0.2) is 6.10 Å². The van der Waals surface area contributed by atoms with Crippen LogP contribution in [0.2, 0.25) is 0 Å². The van der Waals surface area contributed by atoms with Crippen molar-refractivity contribution >= 4 is 28.8 Å². The van der Waals surface area contributed by atoms with E-state index in [0.29, 0.717) is 29.7 Å². The Morgan fingerprint density at radius 3 is 2.78 bits per heavy atom. The van der Waals surface area contributed by atoms with E-state index in [-0.39, 0.29) is 11.1 Å². The fourth-order valence-corrected chi connectivity index (χ4v) is 3.05. The molecule has 9 nitrogen and oxygen atoms in total. The molecule has 2 heterocycles. The number of fused-ring (bicyclic) bond motifs is 2. The molecular formula is C18H20N4O5. The van der Waals surface area contributed by atoms with Crippen molar-refractivity contribution in [3.05, 3.63) is 39.9 Å². The van der Waals surface area contributed by atoms with Crippen LogP contribution >= 0.6 is 0 Å². The van der Waals surface area contributed by atoms with Gasteiger partial charge in [-0.05, 0) is 38.0 Å². The lowest BCUT2D eigenvalue weighted by molar-refractivity contribution is -0.127. The minimum atomic E-state index is -1.20. The van der Waals surface area contributed by atoms with E-state index in [2.05, 4.69) is 4.98 Å². The van der Waals surface area contributed by atoms with Crippen LogP contribution in [-0.2, 0) is 22.5 Å². The van der Waals surface area contributed by atoms with Crippen LogP contribution in [0.1, 0.15) is 42.4 Å². The van der Waals surface area contributed by atoms with Gasteiger partial charge in [0.25, 0.3) is 11.5 Å². The molecular weight excluding hydrogens is 352 g/mol. The molecule has 9 heteroatoms. The molecule has 1 aromatic carbocycles. The lowest BCUT2D eigenvalue weighted by Gasteiger charge is -2.13. The zero-order chi connectivity index (χ0) is 19.6. The number of benzene rings is 1. The van der Waals surface area contributed by atoms with Crippen molar-refractivity contribution in [2.24, 2.45) is 5.73 Å². The zero-order valence-electron chi connectivity index (χ0n) is 14.9. The molecule has 27 heavy (non-hydrogen) atoms. The summed E-state index contributed by atoms with van der Waals surface area (Å²) in [7, 11) is 0. The highest BCUT2D eigenvalue weighted by Crippen LogP contribution is 2.17.